The standard InChI is InChI=1S/C9H9ClF2O2/c10-7-3-1-6(2-4-7)5-8(13)14-9(11)12/h1-4,8-9,13H,5H2. The van der Waals surface area contributed by atoms with Gasteiger partial charge in [0.1, 0.15) is 0 Å². The van der Waals surface area contributed by atoms with E-state index in [1.54, 1.807) is 24.3 Å². The van der Waals surface area contributed by atoms with Gasteiger partial charge < -0.3 is 5.11 Å². The van der Waals surface area contributed by atoms with E-state index < -0.39 is 12.9 Å². The Morgan fingerprint density at radius 2 is 1.86 bits per heavy atom. The van der Waals surface area contributed by atoms with Gasteiger partial charge in [-0.1, -0.05) is 23.7 Å². The molecule has 0 saturated heterocycles. The van der Waals surface area contributed by atoms with E-state index >= 15 is 0 Å². The van der Waals surface area contributed by atoms with E-state index in [4.69, 9.17) is 16.7 Å². The van der Waals surface area contributed by atoms with Gasteiger partial charge in [0, 0.05) is 11.4 Å². The van der Waals surface area contributed by atoms with Gasteiger partial charge >= 0.3 is 6.61 Å². The Morgan fingerprint density at radius 1 is 1.29 bits per heavy atom. The van der Waals surface area contributed by atoms with Gasteiger partial charge in [-0.05, 0) is 17.7 Å². The maximum absolute atomic E-state index is 11.6. The van der Waals surface area contributed by atoms with Gasteiger partial charge in [0.2, 0.25) is 0 Å². The minimum atomic E-state index is -2.96. The van der Waals surface area contributed by atoms with Crippen LogP contribution in [0.1, 0.15) is 5.56 Å². The number of aliphatic hydroxyl groups is 1. The number of rotatable bonds is 4. The lowest BCUT2D eigenvalue weighted by atomic mass is 10.1. The Labute approximate surface area is 85.1 Å². The molecule has 0 aromatic heterocycles. The summed E-state index contributed by atoms with van der Waals surface area (Å²) in [5.41, 5.74) is 0.683. The third kappa shape index (κ3) is 4.00. The van der Waals surface area contributed by atoms with Gasteiger partial charge in [-0.2, -0.15) is 8.78 Å². The highest BCUT2D eigenvalue weighted by Gasteiger charge is 2.11. The third-order valence-electron chi connectivity index (χ3n) is 1.58. The van der Waals surface area contributed by atoms with Gasteiger partial charge in [-0.25, -0.2) is 0 Å². The molecule has 5 heteroatoms. The van der Waals surface area contributed by atoms with Crippen LogP contribution in [0.25, 0.3) is 0 Å². The van der Waals surface area contributed by atoms with Crippen LogP contribution in [-0.4, -0.2) is 18.0 Å². The maximum atomic E-state index is 11.6. The molecule has 1 aromatic rings. The summed E-state index contributed by atoms with van der Waals surface area (Å²) in [6, 6.07) is 6.51. The smallest absolute Gasteiger partial charge is 0.347 e. The molecule has 1 unspecified atom stereocenters. The minimum absolute atomic E-state index is 0.0154. The van der Waals surface area contributed by atoms with E-state index in [0.29, 0.717) is 10.6 Å². The quantitative estimate of drug-likeness (QED) is 0.793. The van der Waals surface area contributed by atoms with E-state index in [1.165, 1.54) is 0 Å². The van der Waals surface area contributed by atoms with Crippen molar-refractivity contribution in [1.82, 2.24) is 0 Å². The predicted octanol–water partition coefficient (Wildman–Crippen LogP) is 2.44. The first kappa shape index (κ1) is 11.4. The molecule has 0 heterocycles. The molecule has 0 fully saturated rings. The Morgan fingerprint density at radius 3 is 2.36 bits per heavy atom. The molecule has 0 saturated carbocycles. The largest absolute Gasteiger partial charge is 0.367 e. The number of hydrogen-bond acceptors (Lipinski definition) is 2. The van der Waals surface area contributed by atoms with Crippen LogP contribution in [0.4, 0.5) is 8.78 Å². The molecule has 0 radical (unpaired) electrons. The van der Waals surface area contributed by atoms with Crippen LogP contribution in [0, 0.1) is 0 Å². The second kappa shape index (κ2) is 5.24. The van der Waals surface area contributed by atoms with Crippen LogP contribution < -0.4 is 0 Å². The molecule has 0 amide bonds. The molecule has 0 spiro atoms. The summed E-state index contributed by atoms with van der Waals surface area (Å²) < 4.78 is 27.2. The van der Waals surface area contributed by atoms with Gasteiger partial charge in [0.15, 0.2) is 6.29 Å². The van der Waals surface area contributed by atoms with Crippen molar-refractivity contribution in [2.45, 2.75) is 19.3 Å². The van der Waals surface area contributed by atoms with Gasteiger partial charge in [-0.15, -0.1) is 0 Å². The van der Waals surface area contributed by atoms with Crippen molar-refractivity contribution in [2.24, 2.45) is 0 Å². The van der Waals surface area contributed by atoms with Crippen LogP contribution in [0.3, 0.4) is 0 Å². The number of halogens is 3. The fourth-order valence-electron chi connectivity index (χ4n) is 0.989. The molecule has 0 aliphatic rings. The Bertz CT molecular complexity index is 277. The number of aliphatic hydroxyl groups excluding tert-OH is 1. The lowest BCUT2D eigenvalue weighted by molar-refractivity contribution is -0.226. The summed E-state index contributed by atoms with van der Waals surface area (Å²) in [7, 11) is 0. The molecule has 0 bridgehead atoms. The molecule has 78 valence electrons. The molecule has 0 aliphatic carbocycles. The van der Waals surface area contributed by atoms with Crippen LogP contribution in [0.2, 0.25) is 5.02 Å². The average molecular weight is 223 g/mol. The normalized spacial score (nSPS) is 13.2. The molecule has 2 nitrogen and oxygen atoms in total. The van der Waals surface area contributed by atoms with Crippen LogP contribution in [0.5, 0.6) is 0 Å². The summed E-state index contributed by atoms with van der Waals surface area (Å²) in [5.74, 6) is 0. The summed E-state index contributed by atoms with van der Waals surface area (Å²) in [6.45, 7) is -2.96. The second-order valence-corrected chi connectivity index (χ2v) is 3.12. The highest BCUT2D eigenvalue weighted by molar-refractivity contribution is 6.30. The zero-order valence-corrected chi connectivity index (χ0v) is 7.92. The lowest BCUT2D eigenvalue weighted by Gasteiger charge is -2.10. The zero-order valence-electron chi connectivity index (χ0n) is 7.16. The minimum Gasteiger partial charge on any atom is -0.367 e. The molecule has 1 aromatic carbocycles. The number of ether oxygens (including phenoxy) is 1. The van der Waals surface area contributed by atoms with Gasteiger partial charge in [-0.3, -0.25) is 4.74 Å². The SMILES string of the molecule is OC(Cc1ccc(Cl)cc1)OC(F)F. The zero-order chi connectivity index (χ0) is 10.6. The van der Waals surface area contributed by atoms with Crippen molar-refractivity contribution in [1.29, 1.82) is 0 Å². The third-order valence-corrected chi connectivity index (χ3v) is 1.84. The molecular formula is C9H9ClF2O2. The Balaban J connectivity index is 2.47. The summed E-state index contributed by atoms with van der Waals surface area (Å²) in [4.78, 5) is 0. The van der Waals surface area contributed by atoms with Crippen molar-refractivity contribution in [2.75, 3.05) is 0 Å². The molecular weight excluding hydrogens is 214 g/mol. The first-order valence-electron chi connectivity index (χ1n) is 3.94. The fourth-order valence-corrected chi connectivity index (χ4v) is 1.11. The first-order valence-corrected chi connectivity index (χ1v) is 4.32. The van der Waals surface area contributed by atoms with Crippen molar-refractivity contribution < 1.29 is 18.6 Å². The van der Waals surface area contributed by atoms with Crippen molar-refractivity contribution in [3.63, 3.8) is 0 Å². The highest BCUT2D eigenvalue weighted by Crippen LogP contribution is 2.12. The molecule has 14 heavy (non-hydrogen) atoms. The van der Waals surface area contributed by atoms with E-state index in [9.17, 15) is 8.78 Å². The number of alkyl halides is 2. The monoisotopic (exact) mass is 222 g/mol. The lowest BCUT2D eigenvalue weighted by Crippen LogP contribution is -2.18. The van der Waals surface area contributed by atoms with E-state index in [1.807, 2.05) is 0 Å². The summed E-state index contributed by atoms with van der Waals surface area (Å²) in [5, 5.41) is 9.56. The van der Waals surface area contributed by atoms with Crippen LogP contribution >= 0.6 is 11.6 Å². The van der Waals surface area contributed by atoms with Gasteiger partial charge in [0.05, 0.1) is 0 Å². The molecule has 1 N–H and O–H groups in total. The molecule has 0 aliphatic heterocycles. The Hall–Kier alpha value is -0.710. The number of benzene rings is 1. The van der Waals surface area contributed by atoms with E-state index in [0.717, 1.165) is 0 Å². The van der Waals surface area contributed by atoms with Gasteiger partial charge in [0.25, 0.3) is 0 Å². The predicted molar refractivity (Wildman–Crippen MR) is 48.3 cm³/mol. The van der Waals surface area contributed by atoms with E-state index in [2.05, 4.69) is 4.74 Å². The van der Waals surface area contributed by atoms with Crippen molar-refractivity contribution >= 4 is 11.6 Å². The summed E-state index contributed by atoms with van der Waals surface area (Å²) in [6.07, 6.45) is -1.47. The topological polar surface area (TPSA) is 29.5 Å². The number of hydrogen-bond donors (Lipinski definition) is 1. The van der Waals surface area contributed by atoms with E-state index in [-0.39, 0.29) is 6.42 Å². The van der Waals surface area contributed by atoms with Crippen LogP contribution in [-0.2, 0) is 11.2 Å². The molecule has 1 rings (SSSR count). The molecule has 1 atom stereocenters. The fraction of sp³-hybridized carbons (Fsp3) is 0.333. The summed E-state index contributed by atoms with van der Waals surface area (Å²) >= 11 is 5.62. The second-order valence-electron chi connectivity index (χ2n) is 2.68. The maximum Gasteiger partial charge on any atom is 0.347 e. The first-order chi connectivity index (χ1) is 6.58. The Kier molecular flexibility index (Phi) is 4.25. The van der Waals surface area contributed by atoms with Crippen molar-refractivity contribution in [3.05, 3.63) is 34.9 Å². The van der Waals surface area contributed by atoms with Crippen LogP contribution in [0.15, 0.2) is 24.3 Å². The van der Waals surface area contributed by atoms with Crippen molar-refractivity contribution in [3.8, 4) is 0 Å². The average Bonchev–Trinajstić information content (AvgIpc) is 2.07. The highest BCUT2D eigenvalue weighted by atomic mass is 35.5.